The monoisotopic (exact) mass is 366 g/mol. The molecule has 2 N–H and O–H groups in total. The Morgan fingerprint density at radius 1 is 1.24 bits per heavy atom. The minimum atomic E-state index is -0.476. The summed E-state index contributed by atoms with van der Waals surface area (Å²) in [6.07, 6.45) is -0.476. The molecule has 0 aliphatic carbocycles. The average molecular weight is 367 g/mol. The zero-order valence-corrected chi connectivity index (χ0v) is 14.4. The van der Waals surface area contributed by atoms with Crippen LogP contribution in [0, 0.1) is 5.82 Å². The molecule has 134 valence electrons. The maximum atomic E-state index is 13.5. The van der Waals surface area contributed by atoms with Gasteiger partial charge < -0.3 is 20.1 Å². The van der Waals surface area contributed by atoms with Gasteiger partial charge in [0.05, 0.1) is 6.61 Å². The second kappa shape index (κ2) is 9.36. The Labute approximate surface area is 151 Å². The number of morpholine rings is 1. The van der Waals surface area contributed by atoms with Crippen LogP contribution in [-0.4, -0.2) is 31.7 Å². The molecule has 25 heavy (non-hydrogen) atoms. The molecule has 7 heteroatoms. The Morgan fingerprint density at radius 2 is 2.00 bits per heavy atom. The first-order valence-electron chi connectivity index (χ1n) is 7.82. The van der Waals surface area contributed by atoms with E-state index in [0.717, 1.165) is 6.54 Å². The maximum Gasteiger partial charge on any atom is 0.254 e. The summed E-state index contributed by atoms with van der Waals surface area (Å²) in [7, 11) is 0. The van der Waals surface area contributed by atoms with Crippen LogP contribution in [0.15, 0.2) is 48.5 Å². The molecule has 1 amide bonds. The smallest absolute Gasteiger partial charge is 0.254 e. The summed E-state index contributed by atoms with van der Waals surface area (Å²) in [5.41, 5.74) is 1.16. The van der Waals surface area contributed by atoms with Crippen LogP contribution in [0.1, 0.15) is 5.56 Å². The van der Waals surface area contributed by atoms with Gasteiger partial charge in [-0.25, -0.2) is 4.39 Å². The second-order valence-corrected chi connectivity index (χ2v) is 5.46. The number of hydrogen-bond donors (Lipinski definition) is 2. The molecule has 1 unspecified atom stereocenters. The van der Waals surface area contributed by atoms with Gasteiger partial charge >= 0.3 is 0 Å². The van der Waals surface area contributed by atoms with Crippen molar-refractivity contribution in [2.24, 2.45) is 0 Å². The molecule has 0 spiro atoms. The van der Waals surface area contributed by atoms with E-state index in [1.54, 1.807) is 42.5 Å². The average Bonchev–Trinajstić information content (AvgIpc) is 2.63. The van der Waals surface area contributed by atoms with Crippen LogP contribution in [0.3, 0.4) is 0 Å². The highest BCUT2D eigenvalue weighted by Crippen LogP contribution is 2.18. The molecule has 0 aromatic heterocycles. The molecule has 0 radical (unpaired) electrons. The van der Waals surface area contributed by atoms with Crippen LogP contribution in [-0.2, 0) is 16.1 Å². The fourth-order valence-electron chi connectivity index (χ4n) is 2.37. The van der Waals surface area contributed by atoms with Gasteiger partial charge in [0.2, 0.25) is 0 Å². The van der Waals surface area contributed by atoms with E-state index in [4.69, 9.17) is 9.47 Å². The van der Waals surface area contributed by atoms with Crippen molar-refractivity contribution in [3.8, 4) is 5.75 Å². The number of carbonyl (C=O) groups is 1. The van der Waals surface area contributed by atoms with Crippen LogP contribution >= 0.6 is 12.4 Å². The van der Waals surface area contributed by atoms with E-state index in [0.29, 0.717) is 30.2 Å². The standard InChI is InChI=1S/C18H19FN2O3.ClH/c19-16-4-2-1-3-13(16)12-24-15-7-5-14(6-8-15)21-18(22)17-11-20-9-10-23-17;/h1-8,17,20H,9-12H2,(H,21,22);1H. The normalized spacial score (nSPS) is 16.6. The summed E-state index contributed by atoms with van der Waals surface area (Å²) >= 11 is 0. The van der Waals surface area contributed by atoms with E-state index < -0.39 is 6.10 Å². The van der Waals surface area contributed by atoms with Crippen molar-refractivity contribution in [3.05, 3.63) is 59.9 Å². The summed E-state index contributed by atoms with van der Waals surface area (Å²) < 4.78 is 24.5. The van der Waals surface area contributed by atoms with Crippen LogP contribution in [0.2, 0.25) is 0 Å². The molecular formula is C18H20ClFN2O3. The fourth-order valence-corrected chi connectivity index (χ4v) is 2.37. The Balaban J connectivity index is 0.00000225. The molecule has 0 saturated carbocycles. The molecule has 2 aromatic rings. The summed E-state index contributed by atoms with van der Waals surface area (Å²) in [6.45, 7) is 1.95. The molecule has 5 nitrogen and oxygen atoms in total. The third-order valence-electron chi connectivity index (χ3n) is 3.69. The Kier molecular flexibility index (Phi) is 7.18. The first kappa shape index (κ1) is 19.2. The van der Waals surface area contributed by atoms with Gasteiger partial charge in [0, 0.05) is 24.3 Å². The third kappa shape index (κ3) is 5.42. The molecule has 1 aliphatic rings. The molecule has 1 saturated heterocycles. The van der Waals surface area contributed by atoms with Gasteiger partial charge in [-0.3, -0.25) is 4.79 Å². The van der Waals surface area contributed by atoms with E-state index >= 15 is 0 Å². The predicted octanol–water partition coefficient (Wildman–Crippen LogP) is 2.75. The fraction of sp³-hybridized carbons (Fsp3) is 0.278. The molecular weight excluding hydrogens is 347 g/mol. The third-order valence-corrected chi connectivity index (χ3v) is 3.69. The van der Waals surface area contributed by atoms with Crippen molar-refractivity contribution in [2.45, 2.75) is 12.7 Å². The van der Waals surface area contributed by atoms with E-state index in [9.17, 15) is 9.18 Å². The number of nitrogens with one attached hydrogen (secondary N) is 2. The number of rotatable bonds is 5. The van der Waals surface area contributed by atoms with Gasteiger partial charge in [0.25, 0.3) is 5.91 Å². The minimum Gasteiger partial charge on any atom is -0.489 e. The molecule has 1 fully saturated rings. The SMILES string of the molecule is Cl.O=C(Nc1ccc(OCc2ccccc2F)cc1)C1CNCCO1. The van der Waals surface area contributed by atoms with Crippen molar-refractivity contribution < 1.29 is 18.7 Å². The Morgan fingerprint density at radius 3 is 2.68 bits per heavy atom. The van der Waals surface area contributed by atoms with Gasteiger partial charge in [-0.15, -0.1) is 12.4 Å². The van der Waals surface area contributed by atoms with Gasteiger partial charge in [-0.1, -0.05) is 18.2 Å². The lowest BCUT2D eigenvalue weighted by Crippen LogP contribution is -2.45. The summed E-state index contributed by atoms with van der Waals surface area (Å²) in [5.74, 6) is 0.136. The van der Waals surface area contributed by atoms with E-state index in [1.807, 2.05) is 0 Å². The summed E-state index contributed by atoms with van der Waals surface area (Å²) in [5, 5.41) is 5.91. The van der Waals surface area contributed by atoms with Gasteiger partial charge in [-0.05, 0) is 30.3 Å². The van der Waals surface area contributed by atoms with Crippen molar-refractivity contribution >= 4 is 24.0 Å². The van der Waals surface area contributed by atoms with Crippen LogP contribution in [0.25, 0.3) is 0 Å². The molecule has 1 aliphatic heterocycles. The topological polar surface area (TPSA) is 59.6 Å². The van der Waals surface area contributed by atoms with Crippen LogP contribution in [0.4, 0.5) is 10.1 Å². The number of carbonyl (C=O) groups excluding carboxylic acids is 1. The minimum absolute atomic E-state index is 0. The largest absolute Gasteiger partial charge is 0.489 e. The summed E-state index contributed by atoms with van der Waals surface area (Å²) in [6, 6.07) is 13.4. The highest BCUT2D eigenvalue weighted by molar-refractivity contribution is 5.94. The second-order valence-electron chi connectivity index (χ2n) is 5.46. The van der Waals surface area contributed by atoms with Crippen LogP contribution < -0.4 is 15.4 Å². The lowest BCUT2D eigenvalue weighted by atomic mass is 10.2. The van der Waals surface area contributed by atoms with E-state index in [2.05, 4.69) is 10.6 Å². The Bertz CT molecular complexity index is 691. The lowest BCUT2D eigenvalue weighted by Gasteiger charge is -2.22. The van der Waals surface area contributed by atoms with Crippen LogP contribution in [0.5, 0.6) is 5.75 Å². The van der Waals surface area contributed by atoms with E-state index in [-0.39, 0.29) is 30.7 Å². The molecule has 3 rings (SSSR count). The highest BCUT2D eigenvalue weighted by atomic mass is 35.5. The van der Waals surface area contributed by atoms with Gasteiger partial charge in [0.15, 0.2) is 0 Å². The van der Waals surface area contributed by atoms with Crippen molar-refractivity contribution in [1.82, 2.24) is 5.32 Å². The predicted molar refractivity (Wildman–Crippen MR) is 95.7 cm³/mol. The van der Waals surface area contributed by atoms with Crippen molar-refractivity contribution in [1.29, 1.82) is 0 Å². The lowest BCUT2D eigenvalue weighted by molar-refractivity contribution is -0.128. The first-order valence-corrected chi connectivity index (χ1v) is 7.82. The zero-order chi connectivity index (χ0) is 16.8. The highest BCUT2D eigenvalue weighted by Gasteiger charge is 2.21. The number of amides is 1. The van der Waals surface area contributed by atoms with Crippen molar-refractivity contribution in [3.63, 3.8) is 0 Å². The Hall–Kier alpha value is -2.15. The van der Waals surface area contributed by atoms with Crippen molar-refractivity contribution in [2.75, 3.05) is 25.0 Å². The maximum absolute atomic E-state index is 13.5. The number of ether oxygens (including phenoxy) is 2. The number of benzene rings is 2. The molecule has 2 aromatic carbocycles. The van der Waals surface area contributed by atoms with Gasteiger partial charge in [-0.2, -0.15) is 0 Å². The molecule has 0 bridgehead atoms. The zero-order valence-electron chi connectivity index (χ0n) is 13.5. The van der Waals surface area contributed by atoms with Gasteiger partial charge in [0.1, 0.15) is 24.3 Å². The number of halogens is 2. The quantitative estimate of drug-likeness (QED) is 0.854. The van der Waals surface area contributed by atoms with E-state index in [1.165, 1.54) is 6.07 Å². The number of anilines is 1. The summed E-state index contributed by atoms with van der Waals surface area (Å²) in [4.78, 5) is 12.1. The first-order chi connectivity index (χ1) is 11.7. The molecule has 1 atom stereocenters. The number of hydrogen-bond acceptors (Lipinski definition) is 4. The molecule has 1 heterocycles.